The van der Waals surface area contributed by atoms with E-state index < -0.39 is 0 Å². The van der Waals surface area contributed by atoms with Crippen LogP contribution in [-0.4, -0.2) is 16.2 Å². The molecule has 0 aliphatic heterocycles. The van der Waals surface area contributed by atoms with Crippen molar-refractivity contribution in [2.75, 3.05) is 0 Å². The summed E-state index contributed by atoms with van der Waals surface area (Å²) < 4.78 is 5.30. The van der Waals surface area contributed by atoms with Crippen molar-refractivity contribution >= 4 is 0 Å². The highest BCUT2D eigenvalue weighted by atomic mass is 16.5. The first kappa shape index (κ1) is 12.4. The highest BCUT2D eigenvalue weighted by Crippen LogP contribution is 2.22. The first-order valence-electron chi connectivity index (χ1n) is 6.88. The van der Waals surface area contributed by atoms with Gasteiger partial charge in [-0.15, -0.1) is 0 Å². The van der Waals surface area contributed by atoms with E-state index in [-0.39, 0.29) is 0 Å². The summed E-state index contributed by atoms with van der Waals surface area (Å²) in [6.07, 6.45) is 2.53. The summed E-state index contributed by atoms with van der Waals surface area (Å²) in [5.74, 6) is 1.87. The summed E-state index contributed by atoms with van der Waals surface area (Å²) in [6, 6.07) is 8.98. The van der Waals surface area contributed by atoms with Gasteiger partial charge in [-0.1, -0.05) is 31.1 Å². The lowest BCUT2D eigenvalue weighted by Crippen LogP contribution is -2.16. The van der Waals surface area contributed by atoms with Gasteiger partial charge in [0.25, 0.3) is 5.89 Å². The fourth-order valence-electron chi connectivity index (χ4n) is 1.98. The van der Waals surface area contributed by atoms with Crippen LogP contribution in [-0.2, 0) is 6.54 Å². The van der Waals surface area contributed by atoms with Crippen molar-refractivity contribution in [3.8, 4) is 11.5 Å². The van der Waals surface area contributed by atoms with Crippen molar-refractivity contribution in [3.05, 3.63) is 35.7 Å². The lowest BCUT2D eigenvalue weighted by Gasteiger charge is -2.04. The molecule has 100 valence electrons. The highest BCUT2D eigenvalue weighted by molar-refractivity contribution is 5.53. The molecule has 0 atom stereocenters. The normalized spacial score (nSPS) is 15.1. The molecule has 2 aromatic rings. The fourth-order valence-corrected chi connectivity index (χ4v) is 1.98. The van der Waals surface area contributed by atoms with Crippen LogP contribution in [0.25, 0.3) is 11.5 Å². The first-order chi connectivity index (χ1) is 9.22. The third-order valence-corrected chi connectivity index (χ3v) is 3.42. The number of aromatic nitrogens is 2. The van der Waals surface area contributed by atoms with Gasteiger partial charge in [0.1, 0.15) is 0 Å². The van der Waals surface area contributed by atoms with Gasteiger partial charge >= 0.3 is 0 Å². The maximum absolute atomic E-state index is 5.30. The van der Waals surface area contributed by atoms with Gasteiger partial charge in [-0.3, -0.25) is 0 Å². The van der Waals surface area contributed by atoms with E-state index >= 15 is 0 Å². The van der Waals surface area contributed by atoms with E-state index in [9.17, 15) is 0 Å². The maximum Gasteiger partial charge on any atom is 0.257 e. The monoisotopic (exact) mass is 257 g/mol. The second kappa shape index (κ2) is 5.13. The Morgan fingerprint density at radius 3 is 2.63 bits per heavy atom. The standard InChI is InChI=1S/C15H19N3O/c1-10(2)11-3-5-12(6-4-11)15-17-14(18-19-15)9-16-13-7-8-13/h3-6,10,13,16H,7-9H2,1-2H3. The molecule has 4 heteroatoms. The SMILES string of the molecule is CC(C)c1ccc(-c2nc(CNC3CC3)no2)cc1. The van der Waals surface area contributed by atoms with Crippen LogP contribution in [0.3, 0.4) is 0 Å². The predicted octanol–water partition coefficient (Wildman–Crippen LogP) is 3.11. The Bertz CT molecular complexity index is 541. The molecule has 0 radical (unpaired) electrons. The van der Waals surface area contributed by atoms with Crippen molar-refractivity contribution in [1.82, 2.24) is 15.5 Å². The van der Waals surface area contributed by atoms with Crippen LogP contribution in [0, 0.1) is 0 Å². The van der Waals surface area contributed by atoms with E-state index in [1.165, 1.54) is 18.4 Å². The van der Waals surface area contributed by atoms with Gasteiger partial charge < -0.3 is 9.84 Å². The van der Waals surface area contributed by atoms with Crippen LogP contribution >= 0.6 is 0 Å². The van der Waals surface area contributed by atoms with Crippen LogP contribution in [0.5, 0.6) is 0 Å². The van der Waals surface area contributed by atoms with Gasteiger partial charge in [-0.25, -0.2) is 0 Å². The quantitative estimate of drug-likeness (QED) is 0.894. The zero-order valence-electron chi connectivity index (χ0n) is 11.4. The molecular weight excluding hydrogens is 238 g/mol. The molecule has 1 saturated carbocycles. The van der Waals surface area contributed by atoms with Crippen LogP contribution in [0.4, 0.5) is 0 Å². The fraction of sp³-hybridized carbons (Fsp3) is 0.467. The molecule has 0 unspecified atom stereocenters. The second-order valence-corrected chi connectivity index (χ2v) is 5.45. The molecule has 0 bridgehead atoms. The summed E-state index contributed by atoms with van der Waals surface area (Å²) in [6.45, 7) is 5.06. The van der Waals surface area contributed by atoms with Crippen molar-refractivity contribution in [2.24, 2.45) is 0 Å². The molecule has 1 heterocycles. The summed E-state index contributed by atoms with van der Waals surface area (Å²) in [5, 5.41) is 7.38. The lowest BCUT2D eigenvalue weighted by molar-refractivity contribution is 0.419. The molecule has 4 nitrogen and oxygen atoms in total. The summed E-state index contributed by atoms with van der Waals surface area (Å²) >= 11 is 0. The average Bonchev–Trinajstić information content (AvgIpc) is 3.13. The maximum atomic E-state index is 5.30. The Kier molecular flexibility index (Phi) is 3.34. The lowest BCUT2D eigenvalue weighted by atomic mass is 10.0. The van der Waals surface area contributed by atoms with Crippen LogP contribution < -0.4 is 5.32 Å². The summed E-state index contributed by atoms with van der Waals surface area (Å²) in [4.78, 5) is 4.41. The van der Waals surface area contributed by atoms with Crippen molar-refractivity contribution in [2.45, 2.75) is 45.2 Å². The Labute approximate surface area is 113 Å². The van der Waals surface area contributed by atoms with E-state index in [0.29, 0.717) is 24.4 Å². The largest absolute Gasteiger partial charge is 0.334 e. The number of benzene rings is 1. The average molecular weight is 257 g/mol. The van der Waals surface area contributed by atoms with E-state index in [1.807, 2.05) is 12.1 Å². The Morgan fingerprint density at radius 1 is 1.26 bits per heavy atom. The first-order valence-corrected chi connectivity index (χ1v) is 6.88. The Balaban J connectivity index is 1.70. The van der Waals surface area contributed by atoms with E-state index in [4.69, 9.17) is 4.52 Å². The number of rotatable bonds is 5. The zero-order valence-corrected chi connectivity index (χ0v) is 11.4. The number of hydrogen-bond acceptors (Lipinski definition) is 4. The molecule has 1 N–H and O–H groups in total. The molecule has 0 amide bonds. The third-order valence-electron chi connectivity index (χ3n) is 3.42. The van der Waals surface area contributed by atoms with E-state index in [2.05, 4.69) is 41.4 Å². The smallest absolute Gasteiger partial charge is 0.257 e. The van der Waals surface area contributed by atoms with Crippen molar-refractivity contribution in [1.29, 1.82) is 0 Å². The van der Waals surface area contributed by atoms with Gasteiger partial charge in [-0.05, 0) is 36.5 Å². The Morgan fingerprint density at radius 2 is 2.00 bits per heavy atom. The van der Waals surface area contributed by atoms with E-state index in [0.717, 1.165) is 11.4 Å². The molecule has 0 saturated heterocycles. The van der Waals surface area contributed by atoms with Crippen LogP contribution in [0.15, 0.2) is 28.8 Å². The molecule has 0 spiro atoms. The molecule has 1 aliphatic carbocycles. The molecule has 3 rings (SSSR count). The summed E-state index contributed by atoms with van der Waals surface area (Å²) in [7, 11) is 0. The van der Waals surface area contributed by atoms with Gasteiger partial charge in [0, 0.05) is 11.6 Å². The molecule has 1 aromatic carbocycles. The van der Waals surface area contributed by atoms with Crippen molar-refractivity contribution < 1.29 is 4.52 Å². The van der Waals surface area contributed by atoms with Gasteiger partial charge in [-0.2, -0.15) is 4.98 Å². The van der Waals surface area contributed by atoms with Gasteiger partial charge in [0.15, 0.2) is 5.82 Å². The number of nitrogens with zero attached hydrogens (tertiary/aromatic N) is 2. The minimum absolute atomic E-state index is 0.537. The third kappa shape index (κ3) is 3.01. The minimum Gasteiger partial charge on any atom is -0.334 e. The van der Waals surface area contributed by atoms with Gasteiger partial charge in [0.2, 0.25) is 0 Å². The summed E-state index contributed by atoms with van der Waals surface area (Å²) in [5.41, 5.74) is 2.30. The zero-order chi connectivity index (χ0) is 13.2. The van der Waals surface area contributed by atoms with Gasteiger partial charge in [0.05, 0.1) is 6.54 Å². The minimum atomic E-state index is 0.537. The van der Waals surface area contributed by atoms with Crippen LogP contribution in [0.1, 0.15) is 44.0 Å². The van der Waals surface area contributed by atoms with Crippen LogP contribution in [0.2, 0.25) is 0 Å². The number of nitrogens with one attached hydrogen (secondary N) is 1. The molecule has 1 aromatic heterocycles. The topological polar surface area (TPSA) is 51.0 Å². The van der Waals surface area contributed by atoms with E-state index in [1.54, 1.807) is 0 Å². The second-order valence-electron chi connectivity index (χ2n) is 5.45. The van der Waals surface area contributed by atoms with Crippen molar-refractivity contribution in [3.63, 3.8) is 0 Å². The molecule has 1 fully saturated rings. The molecule has 1 aliphatic rings. The predicted molar refractivity (Wildman–Crippen MR) is 73.7 cm³/mol. The Hall–Kier alpha value is -1.68. The number of hydrogen-bond donors (Lipinski definition) is 1. The highest BCUT2D eigenvalue weighted by Gasteiger charge is 2.21. The molecular formula is C15H19N3O. The molecule has 19 heavy (non-hydrogen) atoms.